The van der Waals surface area contributed by atoms with Gasteiger partial charge in [0.05, 0.1) is 0 Å². The fourth-order valence-corrected chi connectivity index (χ4v) is 0.410. The van der Waals surface area contributed by atoms with Crippen LogP contribution in [-0.2, 0) is 0 Å². The molecule has 1 N–H and O–H groups in total. The zero-order valence-electron chi connectivity index (χ0n) is 4.16. The number of alkyl halides is 1. The molecular formula is C3H6ClN3O. The number of azide groups is 1. The minimum Gasteiger partial charge on any atom is -0.387 e. The Morgan fingerprint density at radius 3 is 2.88 bits per heavy atom. The summed E-state index contributed by atoms with van der Waals surface area (Å²) in [5.41, 5.74) is 7.72. The van der Waals surface area contributed by atoms with Gasteiger partial charge < -0.3 is 5.11 Å². The molecular weight excluding hydrogens is 130 g/mol. The van der Waals surface area contributed by atoms with Gasteiger partial charge in [-0.3, -0.25) is 0 Å². The second-order valence-corrected chi connectivity index (χ2v) is 1.54. The lowest BCUT2D eigenvalue weighted by molar-refractivity contribution is 0.179. The van der Waals surface area contributed by atoms with Gasteiger partial charge in [-0.25, -0.2) is 0 Å². The van der Waals surface area contributed by atoms with E-state index in [9.17, 15) is 0 Å². The van der Waals surface area contributed by atoms with Gasteiger partial charge in [0.1, 0.15) is 6.23 Å². The van der Waals surface area contributed by atoms with Crippen LogP contribution >= 0.6 is 11.6 Å². The van der Waals surface area contributed by atoms with Gasteiger partial charge in [-0.15, -0.1) is 11.6 Å². The van der Waals surface area contributed by atoms with Crippen molar-refractivity contribution in [2.24, 2.45) is 5.11 Å². The Hall–Kier alpha value is -0.440. The summed E-state index contributed by atoms with van der Waals surface area (Å²) in [6.07, 6.45) is -0.650. The second-order valence-electron chi connectivity index (χ2n) is 1.16. The third-order valence-corrected chi connectivity index (χ3v) is 0.770. The van der Waals surface area contributed by atoms with E-state index in [2.05, 4.69) is 10.0 Å². The van der Waals surface area contributed by atoms with Crippen molar-refractivity contribution >= 4 is 11.6 Å². The highest BCUT2D eigenvalue weighted by atomic mass is 35.5. The Labute approximate surface area is 51.7 Å². The van der Waals surface area contributed by atoms with Crippen molar-refractivity contribution in [1.29, 1.82) is 0 Å². The average molecular weight is 136 g/mol. The van der Waals surface area contributed by atoms with Gasteiger partial charge in [-0.2, -0.15) is 0 Å². The highest BCUT2D eigenvalue weighted by Crippen LogP contribution is 1.94. The lowest BCUT2D eigenvalue weighted by atomic mass is 10.4. The highest BCUT2D eigenvalue weighted by Gasteiger charge is 1.95. The number of hydrogen-bond donors (Lipinski definition) is 1. The van der Waals surface area contributed by atoms with Crippen LogP contribution in [0.4, 0.5) is 0 Å². The minimum absolute atomic E-state index is 0.306. The van der Waals surface area contributed by atoms with Crippen LogP contribution in [0.5, 0.6) is 0 Å². The van der Waals surface area contributed by atoms with Crippen LogP contribution in [0.2, 0.25) is 0 Å². The standard InChI is InChI=1S/C3H6ClN3O/c4-2-1-3(8)6-7-5/h3,8H,1-2H2. The molecule has 0 fully saturated rings. The largest absolute Gasteiger partial charge is 0.387 e. The molecule has 8 heavy (non-hydrogen) atoms. The number of rotatable bonds is 3. The molecule has 1 atom stereocenters. The van der Waals surface area contributed by atoms with Crippen LogP contribution in [0.25, 0.3) is 10.4 Å². The smallest absolute Gasteiger partial charge is 0.134 e. The molecule has 0 aromatic heterocycles. The Morgan fingerprint density at radius 1 is 1.88 bits per heavy atom. The number of halogens is 1. The molecule has 0 aliphatic carbocycles. The molecule has 0 saturated carbocycles. The van der Waals surface area contributed by atoms with Crippen LogP contribution in [0.3, 0.4) is 0 Å². The van der Waals surface area contributed by atoms with E-state index in [1.54, 1.807) is 0 Å². The predicted octanol–water partition coefficient (Wildman–Crippen LogP) is 1.24. The van der Waals surface area contributed by atoms with E-state index in [0.29, 0.717) is 12.3 Å². The normalized spacial score (nSPS) is 12.2. The number of nitrogens with zero attached hydrogens (tertiary/aromatic N) is 3. The van der Waals surface area contributed by atoms with E-state index in [1.165, 1.54) is 0 Å². The lowest BCUT2D eigenvalue weighted by Crippen LogP contribution is -2.00. The summed E-state index contributed by atoms with van der Waals surface area (Å²) < 4.78 is 0. The molecule has 0 aliphatic rings. The summed E-state index contributed by atoms with van der Waals surface area (Å²) in [6, 6.07) is 0. The summed E-state index contributed by atoms with van der Waals surface area (Å²) in [4.78, 5) is 2.37. The topological polar surface area (TPSA) is 69.0 Å². The maximum absolute atomic E-state index is 8.54. The molecule has 0 radical (unpaired) electrons. The fourth-order valence-electron chi connectivity index (χ4n) is 0.215. The first-order chi connectivity index (χ1) is 3.81. The molecule has 5 heteroatoms. The fraction of sp³-hybridized carbons (Fsp3) is 1.00. The maximum Gasteiger partial charge on any atom is 0.134 e. The van der Waals surface area contributed by atoms with Gasteiger partial charge in [-0.1, -0.05) is 5.11 Å². The third-order valence-electron chi connectivity index (χ3n) is 0.552. The highest BCUT2D eigenvalue weighted by molar-refractivity contribution is 6.17. The summed E-state index contributed by atoms with van der Waals surface area (Å²) in [5, 5.41) is 11.5. The molecule has 0 rings (SSSR count). The van der Waals surface area contributed by atoms with E-state index >= 15 is 0 Å². The summed E-state index contributed by atoms with van der Waals surface area (Å²) in [5.74, 6) is 0.306. The molecule has 0 heterocycles. The van der Waals surface area contributed by atoms with Gasteiger partial charge in [0.15, 0.2) is 0 Å². The van der Waals surface area contributed by atoms with Gasteiger partial charge in [-0.05, 0) is 12.0 Å². The van der Waals surface area contributed by atoms with Crippen LogP contribution in [-0.4, -0.2) is 17.2 Å². The van der Waals surface area contributed by atoms with Crippen molar-refractivity contribution in [2.45, 2.75) is 12.6 Å². The van der Waals surface area contributed by atoms with Gasteiger partial charge in [0.2, 0.25) is 0 Å². The third kappa shape index (κ3) is 3.74. The molecule has 4 nitrogen and oxygen atoms in total. The van der Waals surface area contributed by atoms with Crippen molar-refractivity contribution in [2.75, 3.05) is 5.88 Å². The second kappa shape index (κ2) is 4.71. The summed E-state index contributed by atoms with van der Waals surface area (Å²) in [6.45, 7) is 0. The first kappa shape index (κ1) is 7.56. The van der Waals surface area contributed by atoms with Crippen molar-refractivity contribution in [1.82, 2.24) is 0 Å². The zero-order valence-corrected chi connectivity index (χ0v) is 4.91. The van der Waals surface area contributed by atoms with Gasteiger partial charge in [0.25, 0.3) is 0 Å². The van der Waals surface area contributed by atoms with Crippen molar-refractivity contribution in [3.05, 3.63) is 10.4 Å². The first-order valence-corrected chi connectivity index (χ1v) is 2.63. The van der Waals surface area contributed by atoms with Crippen molar-refractivity contribution < 1.29 is 5.11 Å². The molecule has 0 amide bonds. The minimum atomic E-state index is -0.961. The van der Waals surface area contributed by atoms with Crippen LogP contribution < -0.4 is 0 Å². The number of hydrogen-bond acceptors (Lipinski definition) is 2. The lowest BCUT2D eigenvalue weighted by Gasteiger charge is -1.95. The Kier molecular flexibility index (Phi) is 4.45. The van der Waals surface area contributed by atoms with E-state index in [4.69, 9.17) is 22.2 Å². The van der Waals surface area contributed by atoms with Crippen molar-refractivity contribution in [3.63, 3.8) is 0 Å². The summed E-state index contributed by atoms with van der Waals surface area (Å²) >= 11 is 5.19. The van der Waals surface area contributed by atoms with Crippen LogP contribution in [0, 0.1) is 0 Å². The molecule has 0 aromatic rings. The van der Waals surface area contributed by atoms with E-state index in [1.807, 2.05) is 0 Å². The molecule has 46 valence electrons. The van der Waals surface area contributed by atoms with Crippen LogP contribution in [0.15, 0.2) is 5.11 Å². The molecule has 0 saturated heterocycles. The van der Waals surface area contributed by atoms with E-state index in [-0.39, 0.29) is 0 Å². The summed E-state index contributed by atoms with van der Waals surface area (Å²) in [7, 11) is 0. The SMILES string of the molecule is [N-]=[N+]=NC(O)CCCl. The predicted molar refractivity (Wildman–Crippen MR) is 30.5 cm³/mol. The zero-order chi connectivity index (χ0) is 6.41. The molecule has 0 bridgehead atoms. The maximum atomic E-state index is 8.54. The van der Waals surface area contributed by atoms with E-state index in [0.717, 1.165) is 0 Å². The van der Waals surface area contributed by atoms with Gasteiger partial charge in [0, 0.05) is 10.8 Å². The van der Waals surface area contributed by atoms with Crippen molar-refractivity contribution in [3.8, 4) is 0 Å². The molecule has 1 unspecified atom stereocenters. The number of aliphatic hydroxyl groups excluding tert-OH is 1. The molecule has 0 spiro atoms. The Morgan fingerprint density at radius 2 is 2.50 bits per heavy atom. The number of aliphatic hydroxyl groups is 1. The molecule has 0 aliphatic heterocycles. The average Bonchev–Trinajstić information content (AvgIpc) is 1.68. The monoisotopic (exact) mass is 135 g/mol. The van der Waals surface area contributed by atoms with Crippen LogP contribution in [0.1, 0.15) is 6.42 Å². The van der Waals surface area contributed by atoms with E-state index < -0.39 is 6.23 Å². The quantitative estimate of drug-likeness (QED) is 0.269. The Bertz CT molecular complexity index is 101. The Balaban J connectivity index is 3.31. The first-order valence-electron chi connectivity index (χ1n) is 2.09. The molecule has 0 aromatic carbocycles. The van der Waals surface area contributed by atoms with Gasteiger partial charge >= 0.3 is 0 Å².